The zero-order valence-electron chi connectivity index (χ0n) is 16.7. The van der Waals surface area contributed by atoms with Crippen LogP contribution in [0.3, 0.4) is 0 Å². The number of aromatic nitrogens is 1. The Labute approximate surface area is 169 Å². The van der Waals surface area contributed by atoms with Gasteiger partial charge in [-0.2, -0.15) is 0 Å². The molecule has 1 spiro atoms. The number of amides is 2. The lowest BCUT2D eigenvalue weighted by Gasteiger charge is -2.61. The monoisotopic (exact) mass is 407 g/mol. The van der Waals surface area contributed by atoms with Crippen molar-refractivity contribution >= 4 is 23.6 Å². The summed E-state index contributed by atoms with van der Waals surface area (Å²) in [6.07, 6.45) is 1.52. The first-order valence-corrected chi connectivity index (χ1v) is 10.0. The Morgan fingerprint density at radius 3 is 2.64 bits per heavy atom. The molecule has 1 atom stereocenters. The average molecular weight is 408 g/mol. The van der Waals surface area contributed by atoms with Gasteiger partial charge in [0.05, 0.1) is 6.04 Å². The third-order valence-electron chi connectivity index (χ3n) is 5.66. The van der Waals surface area contributed by atoms with Crippen molar-refractivity contribution in [3.8, 4) is 5.88 Å². The minimum atomic E-state index is -0.486. The molecule has 152 valence electrons. The summed E-state index contributed by atoms with van der Waals surface area (Å²) in [4.78, 5) is 33.1. The maximum Gasteiger partial charge on any atom is 0.410 e. The number of hydrogen-bond acceptors (Lipinski definition) is 5. The van der Waals surface area contributed by atoms with E-state index in [-0.39, 0.29) is 29.5 Å². The van der Waals surface area contributed by atoms with Gasteiger partial charge in [0.15, 0.2) is 0 Å². The van der Waals surface area contributed by atoms with Gasteiger partial charge >= 0.3 is 6.09 Å². The fourth-order valence-electron chi connectivity index (χ4n) is 4.45. The van der Waals surface area contributed by atoms with Crippen molar-refractivity contribution in [2.75, 3.05) is 19.7 Å². The van der Waals surface area contributed by atoms with Crippen LogP contribution < -0.4 is 4.74 Å². The van der Waals surface area contributed by atoms with E-state index in [0.29, 0.717) is 36.3 Å². The van der Waals surface area contributed by atoms with Crippen molar-refractivity contribution < 1.29 is 19.1 Å². The fourth-order valence-corrected chi connectivity index (χ4v) is 4.59. The minimum Gasteiger partial charge on any atom is -0.475 e. The van der Waals surface area contributed by atoms with E-state index in [2.05, 4.69) is 4.98 Å². The van der Waals surface area contributed by atoms with Crippen LogP contribution >= 0.6 is 11.6 Å². The van der Waals surface area contributed by atoms with Gasteiger partial charge in [0.25, 0.3) is 5.91 Å². The van der Waals surface area contributed by atoms with Gasteiger partial charge in [-0.05, 0) is 52.7 Å². The van der Waals surface area contributed by atoms with Crippen LogP contribution in [-0.4, -0.2) is 64.2 Å². The first-order valence-electron chi connectivity index (χ1n) is 9.67. The predicted octanol–water partition coefficient (Wildman–Crippen LogP) is 3.36. The number of fused-ring (bicyclic) bond motifs is 1. The second-order valence-corrected chi connectivity index (χ2v) is 9.64. The molecule has 0 aromatic carbocycles. The Bertz CT molecular complexity index is 808. The van der Waals surface area contributed by atoms with E-state index in [1.165, 1.54) is 0 Å². The molecule has 2 aliphatic heterocycles. The summed E-state index contributed by atoms with van der Waals surface area (Å²) in [7, 11) is 0. The van der Waals surface area contributed by atoms with Crippen molar-refractivity contribution in [3.05, 3.63) is 22.8 Å². The second-order valence-electron chi connectivity index (χ2n) is 9.26. The summed E-state index contributed by atoms with van der Waals surface area (Å²) >= 11 is 5.94. The van der Waals surface area contributed by atoms with Gasteiger partial charge in [-0.1, -0.05) is 11.6 Å². The van der Waals surface area contributed by atoms with Gasteiger partial charge in [-0.3, -0.25) is 4.79 Å². The number of nitrogens with zero attached hydrogens (tertiary/aromatic N) is 3. The quantitative estimate of drug-likeness (QED) is 0.667. The zero-order valence-corrected chi connectivity index (χ0v) is 17.5. The molecule has 0 bridgehead atoms. The molecule has 1 aromatic rings. The Kier molecular flexibility index (Phi) is 4.49. The zero-order chi connectivity index (χ0) is 20.3. The van der Waals surface area contributed by atoms with Crippen LogP contribution in [0.15, 0.2) is 12.1 Å². The fraction of sp³-hybridized carbons (Fsp3) is 0.650. The van der Waals surface area contributed by atoms with E-state index in [1.807, 2.05) is 32.6 Å². The topological polar surface area (TPSA) is 72.0 Å². The Balaban J connectivity index is 1.40. The summed E-state index contributed by atoms with van der Waals surface area (Å²) in [5, 5.41) is 0.312. The molecule has 1 aliphatic carbocycles. The van der Waals surface area contributed by atoms with Gasteiger partial charge in [0.1, 0.15) is 22.9 Å². The summed E-state index contributed by atoms with van der Waals surface area (Å²) in [6, 6.07) is 3.39. The molecule has 3 aliphatic rings. The third-order valence-corrected chi connectivity index (χ3v) is 5.87. The van der Waals surface area contributed by atoms with Crippen molar-refractivity contribution in [1.82, 2.24) is 14.8 Å². The maximum atomic E-state index is 13.1. The van der Waals surface area contributed by atoms with Gasteiger partial charge in [-0.15, -0.1) is 0 Å². The van der Waals surface area contributed by atoms with Crippen LogP contribution in [0.2, 0.25) is 5.15 Å². The lowest BCUT2D eigenvalue weighted by Crippen LogP contribution is -2.69. The van der Waals surface area contributed by atoms with Crippen LogP contribution in [0.25, 0.3) is 0 Å². The van der Waals surface area contributed by atoms with Gasteiger partial charge in [0, 0.05) is 24.5 Å². The average Bonchev–Trinajstić information content (AvgIpc) is 2.61. The van der Waals surface area contributed by atoms with Crippen molar-refractivity contribution in [1.29, 1.82) is 0 Å². The molecule has 8 heteroatoms. The molecule has 7 nitrogen and oxygen atoms in total. The lowest BCUT2D eigenvalue weighted by molar-refractivity contribution is -0.107. The number of halogens is 1. The number of ether oxygens (including phenoxy) is 2. The molecule has 1 saturated heterocycles. The first kappa shape index (κ1) is 19.3. The van der Waals surface area contributed by atoms with E-state index in [1.54, 1.807) is 17.0 Å². The SMILES string of the molecule is C[C@@H]1COc2nc(Cl)ccc2C(=O)N1C1CC2(C1)CN(C(=O)OC(C)(C)C)C2. The Morgan fingerprint density at radius 2 is 2.00 bits per heavy atom. The Morgan fingerprint density at radius 1 is 1.32 bits per heavy atom. The van der Waals surface area contributed by atoms with Crippen LogP contribution in [-0.2, 0) is 4.74 Å². The van der Waals surface area contributed by atoms with E-state index < -0.39 is 5.60 Å². The second kappa shape index (κ2) is 6.51. The van der Waals surface area contributed by atoms with Gasteiger partial charge in [-0.25, -0.2) is 9.78 Å². The Hall–Kier alpha value is -2.02. The van der Waals surface area contributed by atoms with E-state index >= 15 is 0 Å². The first-order chi connectivity index (χ1) is 13.1. The summed E-state index contributed by atoms with van der Waals surface area (Å²) in [5.41, 5.74) is 0.0782. The van der Waals surface area contributed by atoms with E-state index in [4.69, 9.17) is 21.1 Å². The van der Waals surface area contributed by atoms with Gasteiger partial charge in [0.2, 0.25) is 5.88 Å². The maximum absolute atomic E-state index is 13.1. The number of likely N-dealkylation sites (tertiary alicyclic amines) is 1. The summed E-state index contributed by atoms with van der Waals surface area (Å²) in [5.74, 6) is 0.243. The summed E-state index contributed by atoms with van der Waals surface area (Å²) in [6.45, 7) is 9.37. The number of carbonyl (C=O) groups is 2. The standard InChI is InChI=1S/C20H26ClN3O4/c1-12-9-27-16-14(5-6-15(21)22-16)17(25)24(12)13-7-20(8-13)10-23(11-20)18(26)28-19(2,3)4/h5-6,12-13H,7-11H2,1-4H3/t12-/m1/s1. The molecule has 2 fully saturated rings. The van der Waals surface area contributed by atoms with Crippen LogP contribution in [0, 0.1) is 5.41 Å². The molecule has 28 heavy (non-hydrogen) atoms. The predicted molar refractivity (Wildman–Crippen MR) is 104 cm³/mol. The van der Waals surface area contributed by atoms with E-state index in [9.17, 15) is 9.59 Å². The number of carbonyl (C=O) groups excluding carboxylic acids is 2. The highest BCUT2D eigenvalue weighted by molar-refractivity contribution is 6.29. The molecule has 1 saturated carbocycles. The molecular weight excluding hydrogens is 382 g/mol. The summed E-state index contributed by atoms with van der Waals surface area (Å²) < 4.78 is 11.2. The number of rotatable bonds is 1. The normalized spacial score (nSPS) is 24.0. The third kappa shape index (κ3) is 3.41. The van der Waals surface area contributed by atoms with Crippen molar-refractivity contribution in [2.45, 2.75) is 58.2 Å². The number of hydrogen-bond donors (Lipinski definition) is 0. The molecule has 0 radical (unpaired) electrons. The molecule has 2 amide bonds. The smallest absolute Gasteiger partial charge is 0.410 e. The van der Waals surface area contributed by atoms with Gasteiger partial charge < -0.3 is 19.3 Å². The van der Waals surface area contributed by atoms with E-state index in [0.717, 1.165) is 12.8 Å². The molecular formula is C20H26ClN3O4. The molecule has 0 N–H and O–H groups in total. The minimum absolute atomic E-state index is 0.0511. The number of pyridine rings is 1. The molecule has 3 heterocycles. The lowest BCUT2D eigenvalue weighted by atomic mass is 9.60. The highest BCUT2D eigenvalue weighted by Crippen LogP contribution is 2.51. The molecule has 4 rings (SSSR count). The van der Waals surface area contributed by atoms with Crippen LogP contribution in [0.1, 0.15) is 50.9 Å². The largest absolute Gasteiger partial charge is 0.475 e. The molecule has 1 aromatic heterocycles. The molecule has 0 unspecified atom stereocenters. The van der Waals surface area contributed by atoms with Crippen molar-refractivity contribution in [2.24, 2.45) is 5.41 Å². The van der Waals surface area contributed by atoms with Crippen molar-refractivity contribution in [3.63, 3.8) is 0 Å². The highest BCUT2D eigenvalue weighted by atomic mass is 35.5. The van der Waals surface area contributed by atoms with Crippen LogP contribution in [0.5, 0.6) is 5.88 Å². The van der Waals surface area contributed by atoms with Crippen LogP contribution in [0.4, 0.5) is 4.79 Å². The highest BCUT2D eigenvalue weighted by Gasteiger charge is 2.57.